The van der Waals surface area contributed by atoms with Gasteiger partial charge in [0.05, 0.1) is 6.42 Å². The van der Waals surface area contributed by atoms with Crippen LogP contribution in [0.2, 0.25) is 0 Å². The Morgan fingerprint density at radius 2 is 2.00 bits per heavy atom. The van der Waals surface area contributed by atoms with Gasteiger partial charge in [-0.2, -0.15) is 0 Å². The molecule has 0 atom stereocenters. The fourth-order valence-corrected chi connectivity index (χ4v) is 2.12. The van der Waals surface area contributed by atoms with Crippen molar-refractivity contribution in [3.8, 4) is 0 Å². The van der Waals surface area contributed by atoms with Gasteiger partial charge in [0.25, 0.3) is 0 Å². The number of nitrogens with two attached hydrogens (primary N) is 1. The molecule has 5 heteroatoms. The molecule has 0 saturated carbocycles. The first-order valence-corrected chi connectivity index (χ1v) is 5.52. The highest BCUT2D eigenvalue weighted by Crippen LogP contribution is 2.13. The standard InChI is InChI=1S/C10H12N4S/c1-6-3-8(11)14-9(12-6)4-10-13-7(2)5-15-10/h3,5H,4H2,1-2H3,(H2,11,12,14). The number of aryl methyl sites for hydroxylation is 2. The molecular formula is C10H12N4S. The van der Waals surface area contributed by atoms with Gasteiger partial charge in [0, 0.05) is 22.8 Å². The minimum Gasteiger partial charge on any atom is -0.384 e. The van der Waals surface area contributed by atoms with Gasteiger partial charge < -0.3 is 5.73 Å². The summed E-state index contributed by atoms with van der Waals surface area (Å²) in [6.07, 6.45) is 0.657. The second-order valence-electron chi connectivity index (χ2n) is 3.41. The Labute approximate surface area is 92.2 Å². The quantitative estimate of drug-likeness (QED) is 0.837. The lowest BCUT2D eigenvalue weighted by atomic mass is 10.3. The third-order valence-corrected chi connectivity index (χ3v) is 2.86. The predicted molar refractivity (Wildman–Crippen MR) is 60.8 cm³/mol. The van der Waals surface area contributed by atoms with E-state index in [9.17, 15) is 0 Å². The zero-order chi connectivity index (χ0) is 10.8. The van der Waals surface area contributed by atoms with Crippen molar-refractivity contribution < 1.29 is 0 Å². The van der Waals surface area contributed by atoms with Crippen molar-refractivity contribution in [3.05, 3.63) is 33.7 Å². The number of hydrogen-bond donors (Lipinski definition) is 1. The number of anilines is 1. The summed E-state index contributed by atoms with van der Waals surface area (Å²) in [5, 5.41) is 3.05. The Morgan fingerprint density at radius 3 is 2.60 bits per heavy atom. The lowest BCUT2D eigenvalue weighted by Crippen LogP contribution is -2.01. The van der Waals surface area contributed by atoms with Gasteiger partial charge in [0.1, 0.15) is 16.6 Å². The molecule has 15 heavy (non-hydrogen) atoms. The molecule has 0 aliphatic heterocycles. The summed E-state index contributed by atoms with van der Waals surface area (Å²) in [6, 6.07) is 1.76. The molecule has 0 radical (unpaired) electrons. The number of aromatic nitrogens is 3. The van der Waals surface area contributed by atoms with E-state index in [4.69, 9.17) is 5.73 Å². The average Bonchev–Trinajstić information content (AvgIpc) is 2.49. The van der Waals surface area contributed by atoms with Crippen molar-refractivity contribution in [2.45, 2.75) is 20.3 Å². The van der Waals surface area contributed by atoms with Crippen LogP contribution in [0.5, 0.6) is 0 Å². The van der Waals surface area contributed by atoms with Crippen LogP contribution in [0.3, 0.4) is 0 Å². The van der Waals surface area contributed by atoms with Crippen LogP contribution in [-0.2, 0) is 6.42 Å². The molecule has 0 unspecified atom stereocenters. The van der Waals surface area contributed by atoms with Crippen LogP contribution >= 0.6 is 11.3 Å². The Kier molecular flexibility index (Phi) is 2.64. The van der Waals surface area contributed by atoms with Crippen molar-refractivity contribution in [3.63, 3.8) is 0 Å². The van der Waals surface area contributed by atoms with E-state index in [0.717, 1.165) is 22.2 Å². The lowest BCUT2D eigenvalue weighted by Gasteiger charge is -2.00. The first kappa shape index (κ1) is 10.0. The zero-order valence-corrected chi connectivity index (χ0v) is 9.51. The highest BCUT2D eigenvalue weighted by molar-refractivity contribution is 7.09. The molecule has 0 fully saturated rings. The van der Waals surface area contributed by atoms with Crippen LogP contribution in [0.1, 0.15) is 22.2 Å². The summed E-state index contributed by atoms with van der Waals surface area (Å²) in [7, 11) is 0. The van der Waals surface area contributed by atoms with E-state index >= 15 is 0 Å². The lowest BCUT2D eigenvalue weighted by molar-refractivity contribution is 0.936. The topological polar surface area (TPSA) is 64.7 Å². The number of nitrogens with zero attached hydrogens (tertiary/aromatic N) is 3. The molecular weight excluding hydrogens is 208 g/mol. The molecule has 0 spiro atoms. The molecule has 4 nitrogen and oxygen atoms in total. The molecule has 2 aromatic rings. The Hall–Kier alpha value is -1.49. The largest absolute Gasteiger partial charge is 0.384 e. The number of hydrogen-bond acceptors (Lipinski definition) is 5. The summed E-state index contributed by atoms with van der Waals surface area (Å²) < 4.78 is 0. The van der Waals surface area contributed by atoms with Gasteiger partial charge in [-0.25, -0.2) is 15.0 Å². The first-order valence-electron chi connectivity index (χ1n) is 4.64. The number of thiazole rings is 1. The molecule has 0 aliphatic carbocycles. The van der Waals surface area contributed by atoms with Crippen LogP contribution in [-0.4, -0.2) is 15.0 Å². The highest BCUT2D eigenvalue weighted by Gasteiger charge is 2.04. The Morgan fingerprint density at radius 1 is 1.20 bits per heavy atom. The SMILES string of the molecule is Cc1cc(N)nc(Cc2nc(C)cs2)n1. The zero-order valence-electron chi connectivity index (χ0n) is 8.69. The fraction of sp³-hybridized carbons (Fsp3) is 0.300. The van der Waals surface area contributed by atoms with Crippen LogP contribution in [0.25, 0.3) is 0 Å². The van der Waals surface area contributed by atoms with Gasteiger partial charge in [-0.15, -0.1) is 11.3 Å². The second-order valence-corrected chi connectivity index (χ2v) is 4.35. The van der Waals surface area contributed by atoms with E-state index in [-0.39, 0.29) is 0 Å². The van der Waals surface area contributed by atoms with Gasteiger partial charge in [0.2, 0.25) is 0 Å². The summed E-state index contributed by atoms with van der Waals surface area (Å²) in [5.74, 6) is 1.26. The van der Waals surface area contributed by atoms with Crippen LogP contribution < -0.4 is 5.73 Å². The summed E-state index contributed by atoms with van der Waals surface area (Å²) >= 11 is 1.62. The second kappa shape index (κ2) is 3.94. The fourth-order valence-electron chi connectivity index (χ4n) is 1.35. The Bertz CT molecular complexity index is 458. The van der Waals surface area contributed by atoms with E-state index in [1.165, 1.54) is 0 Å². The van der Waals surface area contributed by atoms with Crippen molar-refractivity contribution >= 4 is 17.2 Å². The average molecular weight is 220 g/mol. The number of rotatable bonds is 2. The maximum absolute atomic E-state index is 5.65. The molecule has 78 valence electrons. The molecule has 0 amide bonds. The van der Waals surface area contributed by atoms with E-state index in [2.05, 4.69) is 15.0 Å². The minimum atomic E-state index is 0.519. The van der Waals surface area contributed by atoms with Crippen molar-refractivity contribution in [2.24, 2.45) is 0 Å². The van der Waals surface area contributed by atoms with Gasteiger partial charge in [0.15, 0.2) is 0 Å². The monoisotopic (exact) mass is 220 g/mol. The maximum Gasteiger partial charge on any atom is 0.137 e. The smallest absolute Gasteiger partial charge is 0.137 e. The molecule has 2 rings (SSSR count). The normalized spacial score (nSPS) is 10.5. The summed E-state index contributed by atoms with van der Waals surface area (Å²) in [6.45, 7) is 3.89. The van der Waals surface area contributed by atoms with Crippen molar-refractivity contribution in [1.82, 2.24) is 15.0 Å². The van der Waals surface area contributed by atoms with E-state index in [1.54, 1.807) is 17.4 Å². The minimum absolute atomic E-state index is 0.519. The van der Waals surface area contributed by atoms with Gasteiger partial charge in [-0.05, 0) is 13.8 Å². The predicted octanol–water partition coefficient (Wildman–Crippen LogP) is 1.72. The Balaban J connectivity index is 2.24. The van der Waals surface area contributed by atoms with Crippen LogP contribution in [0, 0.1) is 13.8 Å². The molecule has 0 saturated heterocycles. The molecule has 2 N–H and O–H groups in total. The van der Waals surface area contributed by atoms with Gasteiger partial charge in [-0.3, -0.25) is 0 Å². The molecule has 2 heterocycles. The van der Waals surface area contributed by atoms with Crippen LogP contribution in [0.15, 0.2) is 11.4 Å². The first-order chi connectivity index (χ1) is 7.13. The molecule has 0 bridgehead atoms. The highest BCUT2D eigenvalue weighted by atomic mass is 32.1. The third-order valence-electron chi connectivity index (χ3n) is 1.90. The molecule has 0 aromatic carbocycles. The van der Waals surface area contributed by atoms with E-state index < -0.39 is 0 Å². The van der Waals surface area contributed by atoms with Gasteiger partial charge >= 0.3 is 0 Å². The third kappa shape index (κ3) is 2.50. The van der Waals surface area contributed by atoms with Crippen LogP contribution in [0.4, 0.5) is 5.82 Å². The van der Waals surface area contributed by atoms with E-state index in [0.29, 0.717) is 12.2 Å². The summed E-state index contributed by atoms with van der Waals surface area (Å²) in [5.41, 5.74) is 7.58. The van der Waals surface area contributed by atoms with E-state index in [1.807, 2.05) is 19.2 Å². The van der Waals surface area contributed by atoms with Crippen molar-refractivity contribution in [2.75, 3.05) is 5.73 Å². The number of nitrogen functional groups attached to an aromatic ring is 1. The van der Waals surface area contributed by atoms with Crippen molar-refractivity contribution in [1.29, 1.82) is 0 Å². The van der Waals surface area contributed by atoms with Gasteiger partial charge in [-0.1, -0.05) is 0 Å². The summed E-state index contributed by atoms with van der Waals surface area (Å²) in [4.78, 5) is 12.8. The maximum atomic E-state index is 5.65. The molecule has 0 aliphatic rings. The molecule has 2 aromatic heterocycles.